The van der Waals surface area contributed by atoms with Crippen molar-refractivity contribution in [1.29, 1.82) is 0 Å². The highest BCUT2D eigenvalue weighted by atomic mass is 35.5. The normalized spacial score (nSPS) is 11.6. The predicted molar refractivity (Wildman–Crippen MR) is 98.5 cm³/mol. The highest BCUT2D eigenvalue weighted by molar-refractivity contribution is 7.91. The first kappa shape index (κ1) is 17.8. The lowest BCUT2D eigenvalue weighted by atomic mass is 10.1. The van der Waals surface area contributed by atoms with Gasteiger partial charge in [0.2, 0.25) is 10.0 Å². The van der Waals surface area contributed by atoms with Crippen LogP contribution < -0.4 is 10.3 Å². The maximum Gasteiger partial charge on any atom is 0.253 e. The second-order valence-electron chi connectivity index (χ2n) is 5.13. The van der Waals surface area contributed by atoms with Crippen LogP contribution in [0.5, 0.6) is 0 Å². The van der Waals surface area contributed by atoms with Crippen LogP contribution in [0.4, 0.5) is 0 Å². The Hall–Kier alpha value is -2.00. The van der Waals surface area contributed by atoms with Gasteiger partial charge in [-0.15, -0.1) is 11.3 Å². The summed E-state index contributed by atoms with van der Waals surface area (Å²) in [6, 6.07) is 13.8. The van der Waals surface area contributed by atoms with Crippen molar-refractivity contribution in [3.8, 4) is 11.3 Å². The first-order valence-corrected chi connectivity index (χ1v) is 10.0. The number of nitrogens with one attached hydrogen (secondary N) is 1. The van der Waals surface area contributed by atoms with E-state index in [2.05, 4.69) is 9.71 Å². The summed E-state index contributed by atoms with van der Waals surface area (Å²) in [7, 11) is -3.63. The van der Waals surface area contributed by atoms with Gasteiger partial charge in [-0.3, -0.25) is 9.36 Å². The topological polar surface area (TPSA) is 81.1 Å². The summed E-state index contributed by atoms with van der Waals surface area (Å²) in [6.07, 6.45) is 1.42. The van der Waals surface area contributed by atoms with Gasteiger partial charge in [-0.25, -0.2) is 18.1 Å². The minimum atomic E-state index is -3.63. The quantitative estimate of drug-likeness (QED) is 0.695. The fourth-order valence-corrected chi connectivity index (χ4v) is 4.72. The summed E-state index contributed by atoms with van der Waals surface area (Å²) in [6.45, 7) is 0.253. The van der Waals surface area contributed by atoms with E-state index in [0.717, 1.165) is 16.9 Å². The highest BCUT2D eigenvalue weighted by Gasteiger charge is 2.16. The predicted octanol–water partition coefficient (Wildman–Crippen LogP) is 2.60. The van der Waals surface area contributed by atoms with Crippen LogP contribution in [0.3, 0.4) is 0 Å². The molecule has 0 saturated heterocycles. The summed E-state index contributed by atoms with van der Waals surface area (Å²) < 4.78 is 28.5. The molecule has 0 aliphatic carbocycles. The van der Waals surface area contributed by atoms with Crippen molar-refractivity contribution in [3.63, 3.8) is 0 Å². The van der Waals surface area contributed by atoms with Crippen molar-refractivity contribution in [2.45, 2.75) is 10.8 Å². The molecule has 3 rings (SSSR count). The molecular weight excluding hydrogens is 382 g/mol. The summed E-state index contributed by atoms with van der Waals surface area (Å²) in [5.74, 6) is 0. The molecule has 0 atom stereocenters. The van der Waals surface area contributed by atoms with Gasteiger partial charge in [0.1, 0.15) is 4.21 Å². The van der Waals surface area contributed by atoms with E-state index in [0.29, 0.717) is 10.0 Å². The number of hydrogen-bond donors (Lipinski definition) is 1. The van der Waals surface area contributed by atoms with Crippen LogP contribution >= 0.6 is 22.9 Å². The molecule has 0 bridgehead atoms. The molecular formula is C16H14ClN3O3S2. The molecule has 0 amide bonds. The zero-order chi connectivity index (χ0) is 17.9. The van der Waals surface area contributed by atoms with Crippen molar-refractivity contribution < 1.29 is 8.42 Å². The van der Waals surface area contributed by atoms with E-state index < -0.39 is 10.0 Å². The van der Waals surface area contributed by atoms with Crippen LogP contribution in [0.2, 0.25) is 4.34 Å². The summed E-state index contributed by atoms with van der Waals surface area (Å²) >= 11 is 6.73. The Morgan fingerprint density at radius 1 is 1.16 bits per heavy atom. The molecule has 0 radical (unpaired) electrons. The van der Waals surface area contributed by atoms with Gasteiger partial charge in [-0.05, 0) is 12.1 Å². The van der Waals surface area contributed by atoms with Gasteiger partial charge < -0.3 is 0 Å². The molecule has 9 heteroatoms. The molecule has 2 heterocycles. The Balaban J connectivity index is 1.67. The molecule has 2 aromatic heterocycles. The monoisotopic (exact) mass is 395 g/mol. The van der Waals surface area contributed by atoms with Gasteiger partial charge in [-0.1, -0.05) is 41.9 Å². The number of rotatable bonds is 6. The molecule has 0 spiro atoms. The number of halogens is 1. The molecule has 1 aromatic carbocycles. The SMILES string of the molecule is O=c1cc(-c2ccccc2)ncn1CCNS(=O)(=O)c1ccc(Cl)s1. The van der Waals surface area contributed by atoms with E-state index in [-0.39, 0.29) is 22.9 Å². The van der Waals surface area contributed by atoms with Gasteiger partial charge in [0.05, 0.1) is 16.4 Å². The van der Waals surface area contributed by atoms with E-state index in [9.17, 15) is 13.2 Å². The van der Waals surface area contributed by atoms with Crippen LogP contribution in [0.15, 0.2) is 63.9 Å². The fraction of sp³-hybridized carbons (Fsp3) is 0.125. The molecule has 3 aromatic rings. The molecule has 130 valence electrons. The van der Waals surface area contributed by atoms with Crippen molar-refractivity contribution in [2.75, 3.05) is 6.54 Å². The molecule has 0 aliphatic rings. The number of nitrogens with zero attached hydrogens (tertiary/aromatic N) is 2. The number of benzene rings is 1. The Kier molecular flexibility index (Phi) is 5.33. The van der Waals surface area contributed by atoms with E-state index in [4.69, 9.17) is 11.6 Å². The Morgan fingerprint density at radius 3 is 2.56 bits per heavy atom. The third-order valence-corrected chi connectivity index (χ3v) is 6.59. The highest BCUT2D eigenvalue weighted by Crippen LogP contribution is 2.25. The first-order valence-electron chi connectivity index (χ1n) is 7.33. The van der Waals surface area contributed by atoms with Gasteiger partial charge in [-0.2, -0.15) is 0 Å². The number of aromatic nitrogens is 2. The van der Waals surface area contributed by atoms with Gasteiger partial charge >= 0.3 is 0 Å². The number of sulfonamides is 1. The zero-order valence-electron chi connectivity index (χ0n) is 12.9. The van der Waals surface area contributed by atoms with Crippen LogP contribution in [0.25, 0.3) is 11.3 Å². The maximum atomic E-state index is 12.2. The molecule has 6 nitrogen and oxygen atoms in total. The zero-order valence-corrected chi connectivity index (χ0v) is 15.3. The molecule has 25 heavy (non-hydrogen) atoms. The molecule has 0 aliphatic heterocycles. The van der Waals surface area contributed by atoms with E-state index in [1.807, 2.05) is 30.3 Å². The van der Waals surface area contributed by atoms with Gasteiger partial charge in [0.25, 0.3) is 5.56 Å². The lowest BCUT2D eigenvalue weighted by molar-refractivity contribution is 0.571. The Bertz CT molecular complexity index is 1030. The largest absolute Gasteiger partial charge is 0.298 e. The average molecular weight is 396 g/mol. The van der Waals surface area contributed by atoms with Crippen molar-refractivity contribution in [1.82, 2.24) is 14.3 Å². The van der Waals surface area contributed by atoms with Crippen molar-refractivity contribution in [2.24, 2.45) is 0 Å². The Morgan fingerprint density at radius 2 is 1.92 bits per heavy atom. The van der Waals surface area contributed by atoms with Crippen molar-refractivity contribution >= 4 is 33.0 Å². The fourth-order valence-electron chi connectivity index (χ4n) is 2.17. The molecule has 0 saturated carbocycles. The average Bonchev–Trinajstić information content (AvgIpc) is 3.04. The van der Waals surface area contributed by atoms with Crippen molar-refractivity contribution in [3.05, 3.63) is 69.5 Å². The summed E-state index contributed by atoms with van der Waals surface area (Å²) in [4.78, 5) is 16.4. The molecule has 1 N–H and O–H groups in total. The third kappa shape index (κ3) is 4.35. The summed E-state index contributed by atoms with van der Waals surface area (Å²) in [5.41, 5.74) is 1.19. The van der Waals surface area contributed by atoms with E-state index in [1.54, 1.807) is 0 Å². The Labute approximate surface area is 153 Å². The van der Waals surface area contributed by atoms with Crippen LogP contribution in [-0.4, -0.2) is 24.5 Å². The van der Waals surface area contributed by atoms with Gasteiger partial charge in [0.15, 0.2) is 0 Å². The van der Waals surface area contributed by atoms with Crippen LogP contribution in [-0.2, 0) is 16.6 Å². The number of thiophene rings is 1. The minimum absolute atomic E-state index is 0.0735. The number of hydrogen-bond acceptors (Lipinski definition) is 5. The summed E-state index contributed by atoms with van der Waals surface area (Å²) in [5, 5.41) is 0. The van der Waals surface area contributed by atoms with E-state index >= 15 is 0 Å². The second kappa shape index (κ2) is 7.49. The van der Waals surface area contributed by atoms with E-state index in [1.165, 1.54) is 29.1 Å². The third-order valence-electron chi connectivity index (χ3n) is 3.41. The lowest BCUT2D eigenvalue weighted by Gasteiger charge is -2.08. The molecule has 0 unspecified atom stereocenters. The van der Waals surface area contributed by atoms with Gasteiger partial charge in [0, 0.05) is 24.7 Å². The minimum Gasteiger partial charge on any atom is -0.298 e. The first-order chi connectivity index (χ1) is 12.0. The molecule has 0 fully saturated rings. The maximum absolute atomic E-state index is 12.2. The lowest BCUT2D eigenvalue weighted by Crippen LogP contribution is -2.30. The smallest absolute Gasteiger partial charge is 0.253 e. The standard InChI is InChI=1S/C16H14ClN3O3S2/c17-14-6-7-16(24-14)25(22,23)19-8-9-20-11-18-13(10-15(20)21)12-4-2-1-3-5-12/h1-7,10-11,19H,8-9H2. The van der Waals surface area contributed by atoms with Crippen LogP contribution in [0, 0.1) is 0 Å². The second-order valence-corrected chi connectivity index (χ2v) is 8.84. The van der Waals surface area contributed by atoms with Crippen LogP contribution in [0.1, 0.15) is 0 Å².